The van der Waals surface area contributed by atoms with Crippen molar-refractivity contribution in [1.82, 2.24) is 0 Å². The van der Waals surface area contributed by atoms with E-state index in [2.05, 4.69) is 62.4 Å². The van der Waals surface area contributed by atoms with E-state index in [1.165, 1.54) is 52.8 Å². The molecule has 4 aromatic rings. The number of fused-ring (bicyclic) bond motifs is 5. The molecule has 0 nitrogen and oxygen atoms in total. The van der Waals surface area contributed by atoms with Gasteiger partial charge in [0.15, 0.2) is 0 Å². The first kappa shape index (κ1) is 21.7. The lowest BCUT2D eigenvalue weighted by Crippen LogP contribution is -2.57. The van der Waals surface area contributed by atoms with Crippen molar-refractivity contribution in [3.8, 4) is 0 Å². The molecule has 7 fully saturated rings. The van der Waals surface area contributed by atoms with Crippen molar-refractivity contribution in [3.05, 3.63) is 59.7 Å². The maximum atomic E-state index is 2.70. The van der Waals surface area contributed by atoms with Gasteiger partial charge in [0.1, 0.15) is 0 Å². The van der Waals surface area contributed by atoms with Gasteiger partial charge in [0.05, 0.1) is 0 Å². The third kappa shape index (κ3) is 2.56. The normalized spacial score (nSPS) is 44.8. The predicted octanol–water partition coefficient (Wildman–Crippen LogP) is 10.0. The molecule has 0 heteroatoms. The summed E-state index contributed by atoms with van der Waals surface area (Å²) in [6.07, 6.45) is 15.5. The number of hydrogen-bond acceptors (Lipinski definition) is 0. The summed E-state index contributed by atoms with van der Waals surface area (Å²) in [5, 5.41) is 9.10. The summed E-state index contributed by atoms with van der Waals surface area (Å²) in [7, 11) is 0. The van der Waals surface area contributed by atoms with Gasteiger partial charge in [-0.2, -0.15) is 0 Å². The van der Waals surface area contributed by atoms with E-state index in [1.807, 2.05) is 0 Å². The van der Waals surface area contributed by atoms with Crippen molar-refractivity contribution in [2.75, 3.05) is 0 Å². The number of aryl methyl sites for hydroxylation is 1. The number of hydrogen-bond donors (Lipinski definition) is 0. The molecule has 0 spiro atoms. The summed E-state index contributed by atoms with van der Waals surface area (Å²) >= 11 is 0. The zero-order chi connectivity index (χ0) is 25.0. The standard InChI is InChI=1S/C38H42/c1-21-9-30-27-13-32(31(30)10-21)34(15-27)38-18-23-12-24(19-38)17-37(16-23,20-38)33-14-26-6-3-5-25-11-22(2)28-7-4-8-29(33)36(28)35(25)26/h3-8,11,14,21,23-24,27,30-32,34H,9-10,12-13,15-20H2,1-2H3. The highest BCUT2D eigenvalue weighted by molar-refractivity contribution is 6.24. The van der Waals surface area contributed by atoms with Crippen LogP contribution in [0.15, 0.2) is 48.5 Å². The van der Waals surface area contributed by atoms with Crippen LogP contribution in [0.2, 0.25) is 0 Å². The van der Waals surface area contributed by atoms with E-state index in [4.69, 9.17) is 0 Å². The molecule has 11 rings (SSSR count). The van der Waals surface area contributed by atoms with Crippen LogP contribution in [-0.4, -0.2) is 0 Å². The van der Waals surface area contributed by atoms with E-state index in [0.29, 0.717) is 10.8 Å². The minimum Gasteiger partial charge on any atom is -0.0625 e. The first-order valence-electron chi connectivity index (χ1n) is 16.2. The van der Waals surface area contributed by atoms with Crippen LogP contribution in [0.1, 0.15) is 82.3 Å². The molecule has 0 aromatic heterocycles. The molecule has 38 heavy (non-hydrogen) atoms. The Labute approximate surface area is 227 Å². The van der Waals surface area contributed by atoms with Crippen LogP contribution in [0.3, 0.4) is 0 Å². The van der Waals surface area contributed by atoms with Gasteiger partial charge in [0.25, 0.3) is 0 Å². The summed E-state index contributed by atoms with van der Waals surface area (Å²) in [4.78, 5) is 0. The molecule has 7 saturated carbocycles. The minimum absolute atomic E-state index is 0.409. The van der Waals surface area contributed by atoms with Crippen molar-refractivity contribution >= 4 is 32.3 Å². The molecule has 0 radical (unpaired) electrons. The lowest BCUT2D eigenvalue weighted by Gasteiger charge is -2.65. The molecule has 4 aromatic carbocycles. The van der Waals surface area contributed by atoms with E-state index in [1.54, 1.807) is 54.9 Å². The van der Waals surface area contributed by atoms with Crippen LogP contribution >= 0.6 is 0 Å². The SMILES string of the molecule is Cc1cc2cccc3cc(C45CC6CC(C4)CC(C4CC7CC4C4CC(C)CC74)(C6)C5)c4cccc1c4c23. The average Bonchev–Trinajstić information content (AvgIpc) is 3.59. The predicted molar refractivity (Wildman–Crippen MR) is 159 cm³/mol. The molecule has 0 saturated heterocycles. The van der Waals surface area contributed by atoms with Crippen LogP contribution in [0.5, 0.6) is 0 Å². The fraction of sp³-hybridized carbons (Fsp3) is 0.579. The molecule has 0 N–H and O–H groups in total. The molecular weight excluding hydrogens is 456 g/mol. The Morgan fingerprint density at radius 3 is 2.26 bits per heavy atom. The summed E-state index contributed by atoms with van der Waals surface area (Å²) in [5.74, 6) is 8.34. The average molecular weight is 499 g/mol. The number of rotatable bonds is 2. The monoisotopic (exact) mass is 498 g/mol. The van der Waals surface area contributed by atoms with E-state index in [9.17, 15) is 0 Å². The molecular formula is C38H42. The molecule has 7 aliphatic carbocycles. The Hall–Kier alpha value is -2.08. The fourth-order valence-corrected chi connectivity index (χ4v) is 13.6. The third-order valence-electron chi connectivity index (χ3n) is 14.0. The van der Waals surface area contributed by atoms with Crippen LogP contribution in [0.25, 0.3) is 32.3 Å². The fourth-order valence-electron chi connectivity index (χ4n) is 13.6. The Balaban J connectivity index is 1.16. The molecule has 6 bridgehead atoms. The van der Waals surface area contributed by atoms with Gasteiger partial charge in [0, 0.05) is 0 Å². The highest BCUT2D eigenvalue weighted by Gasteiger charge is 2.66. The first-order valence-corrected chi connectivity index (χ1v) is 16.2. The molecule has 0 heterocycles. The van der Waals surface area contributed by atoms with E-state index < -0.39 is 0 Å². The van der Waals surface area contributed by atoms with Gasteiger partial charge in [-0.25, -0.2) is 0 Å². The quantitative estimate of drug-likeness (QED) is 0.241. The molecule has 8 unspecified atom stereocenters. The van der Waals surface area contributed by atoms with Gasteiger partial charge >= 0.3 is 0 Å². The summed E-state index contributed by atoms with van der Waals surface area (Å²) in [6, 6.07) is 19.5. The van der Waals surface area contributed by atoms with Gasteiger partial charge in [-0.05, 0) is 179 Å². The molecule has 7 aliphatic rings. The van der Waals surface area contributed by atoms with Gasteiger partial charge in [0.2, 0.25) is 0 Å². The van der Waals surface area contributed by atoms with Crippen molar-refractivity contribution in [1.29, 1.82) is 0 Å². The smallest absolute Gasteiger partial charge is 0.00212 e. The van der Waals surface area contributed by atoms with Crippen LogP contribution < -0.4 is 0 Å². The summed E-state index contributed by atoms with van der Waals surface area (Å²) < 4.78 is 0. The van der Waals surface area contributed by atoms with Gasteiger partial charge < -0.3 is 0 Å². The van der Waals surface area contributed by atoms with Gasteiger partial charge in [-0.3, -0.25) is 0 Å². The lowest BCUT2D eigenvalue weighted by molar-refractivity contribution is -0.121. The largest absolute Gasteiger partial charge is 0.0625 e. The molecule has 8 atom stereocenters. The Bertz CT molecular complexity index is 1610. The second-order valence-electron chi connectivity index (χ2n) is 15.9. The molecule has 194 valence electrons. The maximum absolute atomic E-state index is 2.70. The maximum Gasteiger partial charge on any atom is -0.00212 e. The van der Waals surface area contributed by atoms with Crippen LogP contribution in [0, 0.1) is 59.7 Å². The molecule has 0 aliphatic heterocycles. The van der Waals surface area contributed by atoms with Gasteiger partial charge in [-0.1, -0.05) is 49.4 Å². The second-order valence-corrected chi connectivity index (χ2v) is 15.9. The van der Waals surface area contributed by atoms with Gasteiger partial charge in [-0.15, -0.1) is 0 Å². The van der Waals surface area contributed by atoms with Crippen LogP contribution in [0.4, 0.5) is 0 Å². The van der Waals surface area contributed by atoms with Crippen molar-refractivity contribution in [2.45, 2.75) is 83.5 Å². The van der Waals surface area contributed by atoms with E-state index >= 15 is 0 Å². The Morgan fingerprint density at radius 2 is 1.42 bits per heavy atom. The van der Waals surface area contributed by atoms with E-state index in [0.717, 1.165) is 47.3 Å². The Morgan fingerprint density at radius 1 is 0.684 bits per heavy atom. The lowest BCUT2D eigenvalue weighted by atomic mass is 9.39. The highest BCUT2D eigenvalue weighted by Crippen LogP contribution is 2.74. The highest BCUT2D eigenvalue weighted by atomic mass is 14.7. The first-order chi connectivity index (χ1) is 18.5. The Kier molecular flexibility index (Phi) is 3.98. The van der Waals surface area contributed by atoms with E-state index in [-0.39, 0.29) is 0 Å². The number of benzene rings is 4. The van der Waals surface area contributed by atoms with Crippen LogP contribution in [-0.2, 0) is 5.41 Å². The zero-order valence-corrected chi connectivity index (χ0v) is 23.3. The molecule has 0 amide bonds. The topological polar surface area (TPSA) is 0 Å². The summed E-state index contributed by atoms with van der Waals surface area (Å²) in [5.41, 5.74) is 4.25. The van der Waals surface area contributed by atoms with Crippen molar-refractivity contribution in [2.24, 2.45) is 52.8 Å². The third-order valence-corrected chi connectivity index (χ3v) is 14.0. The van der Waals surface area contributed by atoms with Crippen molar-refractivity contribution < 1.29 is 0 Å². The second kappa shape index (κ2) is 6.97. The minimum atomic E-state index is 0.409. The van der Waals surface area contributed by atoms with Crippen molar-refractivity contribution in [3.63, 3.8) is 0 Å². The zero-order valence-electron chi connectivity index (χ0n) is 23.3. The summed E-state index contributed by atoms with van der Waals surface area (Å²) in [6.45, 7) is 4.89.